The van der Waals surface area contributed by atoms with E-state index in [1.807, 2.05) is 0 Å². The maximum atomic E-state index is 12.3. The van der Waals surface area contributed by atoms with Crippen molar-refractivity contribution in [1.82, 2.24) is 5.32 Å². The first-order valence-corrected chi connectivity index (χ1v) is 7.12. The molecule has 3 N–H and O–H groups in total. The Balaban J connectivity index is 1.91. The van der Waals surface area contributed by atoms with Crippen molar-refractivity contribution in [3.63, 3.8) is 0 Å². The lowest BCUT2D eigenvalue weighted by Crippen LogP contribution is -2.55. The van der Waals surface area contributed by atoms with Crippen molar-refractivity contribution in [1.29, 1.82) is 0 Å². The zero-order valence-corrected chi connectivity index (χ0v) is 11.2. The third kappa shape index (κ3) is 2.82. The molecule has 0 radical (unpaired) electrons. The lowest BCUT2D eigenvalue weighted by atomic mass is 9.73. The van der Waals surface area contributed by atoms with E-state index in [4.69, 9.17) is 5.73 Å². The molecule has 3 atom stereocenters. The van der Waals surface area contributed by atoms with E-state index in [2.05, 4.69) is 19.2 Å². The van der Waals surface area contributed by atoms with Crippen LogP contribution in [0.25, 0.3) is 0 Å². The van der Waals surface area contributed by atoms with Crippen LogP contribution in [-0.2, 0) is 4.79 Å². The van der Waals surface area contributed by atoms with E-state index in [0.717, 1.165) is 38.5 Å². The Hall–Kier alpha value is -0.570. The van der Waals surface area contributed by atoms with Crippen molar-refractivity contribution >= 4 is 5.91 Å². The normalized spacial score (nSPS) is 36.1. The van der Waals surface area contributed by atoms with Crippen LogP contribution in [0.2, 0.25) is 0 Å². The van der Waals surface area contributed by atoms with Gasteiger partial charge in [0, 0.05) is 17.5 Å². The molecule has 17 heavy (non-hydrogen) atoms. The van der Waals surface area contributed by atoms with Crippen molar-refractivity contribution in [3.05, 3.63) is 0 Å². The zero-order valence-electron chi connectivity index (χ0n) is 11.2. The maximum absolute atomic E-state index is 12.3. The van der Waals surface area contributed by atoms with Crippen LogP contribution < -0.4 is 11.1 Å². The Kier molecular flexibility index (Phi) is 3.76. The zero-order chi connectivity index (χ0) is 12.5. The summed E-state index contributed by atoms with van der Waals surface area (Å²) in [6.07, 6.45) is 7.59. The molecule has 0 heterocycles. The summed E-state index contributed by atoms with van der Waals surface area (Å²) in [4.78, 5) is 12.3. The fourth-order valence-electron chi connectivity index (χ4n) is 3.40. The predicted molar refractivity (Wildman–Crippen MR) is 69.5 cm³/mol. The van der Waals surface area contributed by atoms with Gasteiger partial charge in [-0.25, -0.2) is 0 Å². The Morgan fingerprint density at radius 1 is 1.35 bits per heavy atom. The molecule has 0 aromatic heterocycles. The van der Waals surface area contributed by atoms with Crippen LogP contribution in [0.15, 0.2) is 0 Å². The van der Waals surface area contributed by atoms with E-state index in [9.17, 15) is 4.79 Å². The molecule has 0 aliphatic heterocycles. The Bertz CT molecular complexity index is 270. The minimum absolute atomic E-state index is 0.127. The SMILES string of the molecule is CCC1(NC(=O)C2CC(C)CC(N)C2)CCC1. The van der Waals surface area contributed by atoms with E-state index in [1.165, 1.54) is 6.42 Å². The van der Waals surface area contributed by atoms with Crippen LogP contribution in [0.5, 0.6) is 0 Å². The summed E-state index contributed by atoms with van der Waals surface area (Å²) in [5.41, 5.74) is 6.14. The first-order chi connectivity index (χ1) is 8.04. The summed E-state index contributed by atoms with van der Waals surface area (Å²) in [6.45, 7) is 4.38. The van der Waals surface area contributed by atoms with Crippen molar-refractivity contribution in [2.24, 2.45) is 17.6 Å². The minimum Gasteiger partial charge on any atom is -0.350 e. The standard InChI is InChI=1S/C14H26N2O/c1-3-14(5-4-6-14)16-13(17)11-7-10(2)8-12(15)9-11/h10-12H,3-9,15H2,1-2H3,(H,16,17). The first kappa shape index (κ1) is 12.9. The van der Waals surface area contributed by atoms with Gasteiger partial charge in [0.2, 0.25) is 5.91 Å². The first-order valence-electron chi connectivity index (χ1n) is 7.12. The van der Waals surface area contributed by atoms with Crippen LogP contribution in [-0.4, -0.2) is 17.5 Å². The molecular weight excluding hydrogens is 212 g/mol. The molecule has 2 fully saturated rings. The van der Waals surface area contributed by atoms with E-state index >= 15 is 0 Å². The van der Waals surface area contributed by atoms with Crippen LogP contribution in [0.3, 0.4) is 0 Å². The van der Waals surface area contributed by atoms with Crippen LogP contribution >= 0.6 is 0 Å². The minimum atomic E-state index is 0.127. The summed E-state index contributed by atoms with van der Waals surface area (Å²) >= 11 is 0. The van der Waals surface area contributed by atoms with E-state index < -0.39 is 0 Å². The van der Waals surface area contributed by atoms with Gasteiger partial charge in [0.1, 0.15) is 0 Å². The molecule has 0 saturated heterocycles. The van der Waals surface area contributed by atoms with Gasteiger partial charge in [-0.2, -0.15) is 0 Å². The molecule has 0 aromatic carbocycles. The third-order valence-electron chi connectivity index (χ3n) is 4.73. The summed E-state index contributed by atoms with van der Waals surface area (Å²) in [7, 11) is 0. The number of amides is 1. The lowest BCUT2D eigenvalue weighted by molar-refractivity contribution is -0.129. The molecule has 2 aliphatic carbocycles. The van der Waals surface area contributed by atoms with Crippen LogP contribution in [0, 0.1) is 11.8 Å². The van der Waals surface area contributed by atoms with Gasteiger partial charge in [0.05, 0.1) is 0 Å². The van der Waals surface area contributed by atoms with E-state index in [1.54, 1.807) is 0 Å². The van der Waals surface area contributed by atoms with Gasteiger partial charge in [-0.15, -0.1) is 0 Å². The van der Waals surface area contributed by atoms with E-state index in [-0.39, 0.29) is 23.4 Å². The molecule has 2 saturated carbocycles. The quantitative estimate of drug-likeness (QED) is 0.792. The molecule has 0 aromatic rings. The fraction of sp³-hybridized carbons (Fsp3) is 0.929. The number of nitrogens with two attached hydrogens (primary N) is 1. The van der Waals surface area contributed by atoms with Crippen molar-refractivity contribution in [2.45, 2.75) is 70.4 Å². The summed E-state index contributed by atoms with van der Waals surface area (Å²) < 4.78 is 0. The van der Waals surface area contributed by atoms with Gasteiger partial charge in [0.25, 0.3) is 0 Å². The smallest absolute Gasteiger partial charge is 0.223 e. The molecule has 0 spiro atoms. The maximum Gasteiger partial charge on any atom is 0.223 e. The summed E-state index contributed by atoms with van der Waals surface area (Å²) in [6, 6.07) is 0.216. The highest BCUT2D eigenvalue weighted by Crippen LogP contribution is 2.36. The molecule has 3 nitrogen and oxygen atoms in total. The molecular formula is C14H26N2O. The monoisotopic (exact) mass is 238 g/mol. The van der Waals surface area contributed by atoms with Gasteiger partial charge in [-0.1, -0.05) is 13.8 Å². The molecule has 3 unspecified atom stereocenters. The number of nitrogens with one attached hydrogen (secondary N) is 1. The molecule has 2 rings (SSSR count). The molecule has 2 aliphatic rings. The average Bonchev–Trinajstić information content (AvgIpc) is 2.21. The average molecular weight is 238 g/mol. The second-order valence-electron chi connectivity index (χ2n) is 6.25. The Morgan fingerprint density at radius 2 is 2.06 bits per heavy atom. The predicted octanol–water partition coefficient (Wildman–Crippen LogP) is 2.20. The second kappa shape index (κ2) is 4.97. The van der Waals surface area contributed by atoms with Gasteiger partial charge < -0.3 is 11.1 Å². The van der Waals surface area contributed by atoms with Crippen molar-refractivity contribution in [3.8, 4) is 0 Å². The molecule has 1 amide bonds. The van der Waals surface area contributed by atoms with Gasteiger partial charge in [-0.05, 0) is 50.9 Å². The van der Waals surface area contributed by atoms with Gasteiger partial charge >= 0.3 is 0 Å². The third-order valence-corrected chi connectivity index (χ3v) is 4.73. The summed E-state index contributed by atoms with van der Waals surface area (Å²) in [5.74, 6) is 1.000. The second-order valence-corrected chi connectivity index (χ2v) is 6.25. The van der Waals surface area contributed by atoms with Crippen LogP contribution in [0.1, 0.15) is 58.8 Å². The Morgan fingerprint density at radius 3 is 2.53 bits per heavy atom. The summed E-state index contributed by atoms with van der Waals surface area (Å²) in [5, 5.41) is 3.30. The van der Waals surface area contributed by atoms with Gasteiger partial charge in [-0.3, -0.25) is 4.79 Å². The number of hydrogen-bond donors (Lipinski definition) is 2. The highest BCUT2D eigenvalue weighted by atomic mass is 16.2. The topological polar surface area (TPSA) is 55.1 Å². The fourth-order valence-corrected chi connectivity index (χ4v) is 3.40. The van der Waals surface area contributed by atoms with Crippen molar-refractivity contribution in [2.75, 3.05) is 0 Å². The molecule has 98 valence electrons. The van der Waals surface area contributed by atoms with Crippen molar-refractivity contribution < 1.29 is 4.79 Å². The number of hydrogen-bond acceptors (Lipinski definition) is 2. The Labute approximate surface area is 105 Å². The lowest BCUT2D eigenvalue weighted by Gasteiger charge is -2.43. The van der Waals surface area contributed by atoms with Crippen LogP contribution in [0.4, 0.5) is 0 Å². The highest BCUT2D eigenvalue weighted by Gasteiger charge is 2.39. The largest absolute Gasteiger partial charge is 0.350 e. The van der Waals surface area contributed by atoms with E-state index in [0.29, 0.717) is 5.92 Å². The van der Waals surface area contributed by atoms with Gasteiger partial charge in [0.15, 0.2) is 0 Å². The highest BCUT2D eigenvalue weighted by molar-refractivity contribution is 5.79. The number of rotatable bonds is 3. The number of carbonyl (C=O) groups is 1. The molecule has 3 heteroatoms. The molecule has 0 bridgehead atoms. The number of carbonyl (C=O) groups excluding carboxylic acids is 1.